The molecule has 3 aromatic rings. The van der Waals surface area contributed by atoms with E-state index in [-0.39, 0.29) is 35.6 Å². The van der Waals surface area contributed by atoms with Crippen molar-refractivity contribution in [3.8, 4) is 5.75 Å². The fraction of sp³-hybridized carbons (Fsp3) is 0.286. The molecule has 11 heteroatoms. The number of carbonyl (C=O) groups is 3. The monoisotopic (exact) mass is 440 g/mol. The summed E-state index contributed by atoms with van der Waals surface area (Å²) in [5, 5.41) is -0.0614. The van der Waals surface area contributed by atoms with Crippen LogP contribution in [0.15, 0.2) is 39.8 Å². The third kappa shape index (κ3) is 3.57. The Kier molecular flexibility index (Phi) is 5.39. The maximum absolute atomic E-state index is 13.1. The summed E-state index contributed by atoms with van der Waals surface area (Å²) in [7, 11) is 0. The number of fused-ring (bicyclic) bond motifs is 2. The number of aromatic nitrogens is 2. The van der Waals surface area contributed by atoms with Crippen LogP contribution in [-0.4, -0.2) is 46.6 Å². The van der Waals surface area contributed by atoms with Crippen molar-refractivity contribution in [3.05, 3.63) is 52.3 Å². The van der Waals surface area contributed by atoms with Gasteiger partial charge >= 0.3 is 5.97 Å². The van der Waals surface area contributed by atoms with Gasteiger partial charge in [-0.1, -0.05) is 12.1 Å². The molecule has 0 bridgehead atoms. The van der Waals surface area contributed by atoms with Crippen molar-refractivity contribution in [2.24, 2.45) is 5.73 Å². The maximum atomic E-state index is 13.1. The summed E-state index contributed by atoms with van der Waals surface area (Å²) in [6.45, 7) is 2.79. The standard InChI is InChI=1S/C21H20N4O7/c1-3-30-21(29)16-11(2)31-19-17(16)20(28)24(10-23-19)9-15(26)25-8-14(18(22)27)32-13-7-5-4-6-12(13)25/h4-7,10,14H,3,8-9H2,1-2H3,(H2,22,27). The van der Waals surface area contributed by atoms with Gasteiger partial charge in [0.15, 0.2) is 6.10 Å². The largest absolute Gasteiger partial charge is 0.477 e. The van der Waals surface area contributed by atoms with E-state index in [0.29, 0.717) is 11.4 Å². The second kappa shape index (κ2) is 8.17. The maximum Gasteiger partial charge on any atom is 0.342 e. The summed E-state index contributed by atoms with van der Waals surface area (Å²) in [5.41, 5.74) is 5.15. The highest BCUT2D eigenvalue weighted by Crippen LogP contribution is 2.33. The summed E-state index contributed by atoms with van der Waals surface area (Å²) in [5.74, 6) is -1.40. The van der Waals surface area contributed by atoms with Gasteiger partial charge in [-0.3, -0.25) is 19.0 Å². The van der Waals surface area contributed by atoms with Gasteiger partial charge in [0, 0.05) is 0 Å². The number of amides is 2. The number of carbonyl (C=O) groups excluding carboxylic acids is 3. The molecule has 1 aromatic carbocycles. The zero-order chi connectivity index (χ0) is 23.0. The van der Waals surface area contributed by atoms with Crippen molar-refractivity contribution >= 4 is 34.6 Å². The molecular formula is C21H20N4O7. The summed E-state index contributed by atoms with van der Waals surface area (Å²) < 4.78 is 17.1. The molecule has 0 radical (unpaired) electrons. The van der Waals surface area contributed by atoms with Crippen LogP contribution in [0.4, 0.5) is 5.69 Å². The lowest BCUT2D eigenvalue weighted by Crippen LogP contribution is -2.50. The SMILES string of the molecule is CCOC(=O)c1c(C)oc2ncn(CC(=O)N3CC(C(N)=O)Oc4ccccc43)c(=O)c12. The zero-order valence-corrected chi connectivity index (χ0v) is 17.4. The normalized spacial score (nSPS) is 15.2. The summed E-state index contributed by atoms with van der Waals surface area (Å²) in [6.07, 6.45) is 0.136. The van der Waals surface area contributed by atoms with Crippen molar-refractivity contribution < 1.29 is 28.3 Å². The second-order valence-corrected chi connectivity index (χ2v) is 7.09. The van der Waals surface area contributed by atoms with E-state index in [1.807, 2.05) is 0 Å². The molecule has 1 aliphatic rings. The van der Waals surface area contributed by atoms with Crippen molar-refractivity contribution in [2.75, 3.05) is 18.1 Å². The molecular weight excluding hydrogens is 420 g/mol. The van der Waals surface area contributed by atoms with Gasteiger partial charge in [0.05, 0.1) is 18.8 Å². The topological polar surface area (TPSA) is 147 Å². The molecule has 2 aromatic heterocycles. The Morgan fingerprint density at radius 2 is 2.03 bits per heavy atom. The average molecular weight is 440 g/mol. The molecule has 32 heavy (non-hydrogen) atoms. The van der Waals surface area contributed by atoms with E-state index < -0.39 is 36.0 Å². The highest BCUT2D eigenvalue weighted by molar-refractivity contribution is 6.03. The molecule has 0 spiro atoms. The predicted octanol–water partition coefficient (Wildman–Crippen LogP) is 0.754. The van der Waals surface area contributed by atoms with E-state index in [1.54, 1.807) is 31.2 Å². The molecule has 0 saturated heterocycles. The van der Waals surface area contributed by atoms with Crippen LogP contribution >= 0.6 is 0 Å². The number of ether oxygens (including phenoxy) is 2. The Balaban J connectivity index is 1.71. The van der Waals surface area contributed by atoms with E-state index in [4.69, 9.17) is 19.6 Å². The van der Waals surface area contributed by atoms with Crippen molar-refractivity contribution in [3.63, 3.8) is 0 Å². The van der Waals surface area contributed by atoms with Gasteiger partial charge in [-0.15, -0.1) is 0 Å². The van der Waals surface area contributed by atoms with Crippen LogP contribution < -0.4 is 20.9 Å². The minimum Gasteiger partial charge on any atom is -0.477 e. The number of para-hydroxylation sites is 2. The molecule has 3 heterocycles. The number of hydrogen-bond donors (Lipinski definition) is 1. The van der Waals surface area contributed by atoms with E-state index in [0.717, 1.165) is 4.57 Å². The fourth-order valence-electron chi connectivity index (χ4n) is 3.55. The molecule has 4 rings (SSSR count). The molecule has 0 fully saturated rings. The fourth-order valence-corrected chi connectivity index (χ4v) is 3.55. The second-order valence-electron chi connectivity index (χ2n) is 7.09. The summed E-state index contributed by atoms with van der Waals surface area (Å²) >= 11 is 0. The Morgan fingerprint density at radius 3 is 2.75 bits per heavy atom. The van der Waals surface area contributed by atoms with E-state index in [1.165, 1.54) is 18.2 Å². The van der Waals surface area contributed by atoms with Crippen LogP contribution in [0.2, 0.25) is 0 Å². The van der Waals surface area contributed by atoms with Gasteiger partial charge in [-0.2, -0.15) is 0 Å². The molecule has 1 unspecified atom stereocenters. The van der Waals surface area contributed by atoms with Crippen LogP contribution in [0.1, 0.15) is 23.0 Å². The first-order valence-corrected chi connectivity index (χ1v) is 9.82. The zero-order valence-electron chi connectivity index (χ0n) is 17.4. The Morgan fingerprint density at radius 1 is 1.28 bits per heavy atom. The molecule has 11 nitrogen and oxygen atoms in total. The lowest BCUT2D eigenvalue weighted by atomic mass is 10.1. The van der Waals surface area contributed by atoms with Crippen LogP contribution in [0, 0.1) is 6.92 Å². The first-order chi connectivity index (χ1) is 15.3. The van der Waals surface area contributed by atoms with Crippen molar-refractivity contribution in [1.29, 1.82) is 0 Å². The highest BCUT2D eigenvalue weighted by Gasteiger charge is 2.33. The van der Waals surface area contributed by atoms with Gasteiger partial charge in [0.25, 0.3) is 11.5 Å². The minimum atomic E-state index is -1.03. The number of nitrogens with zero attached hydrogens (tertiary/aromatic N) is 3. The van der Waals surface area contributed by atoms with Gasteiger partial charge in [-0.25, -0.2) is 9.78 Å². The van der Waals surface area contributed by atoms with Gasteiger partial charge < -0.3 is 24.5 Å². The smallest absolute Gasteiger partial charge is 0.342 e. The molecule has 166 valence electrons. The highest BCUT2D eigenvalue weighted by atomic mass is 16.5. The number of nitrogens with two attached hydrogens (primary N) is 1. The lowest BCUT2D eigenvalue weighted by Gasteiger charge is -2.33. The van der Waals surface area contributed by atoms with Crippen molar-refractivity contribution in [1.82, 2.24) is 9.55 Å². The quantitative estimate of drug-likeness (QED) is 0.572. The molecule has 2 N–H and O–H groups in total. The molecule has 1 aliphatic heterocycles. The molecule has 0 aliphatic carbocycles. The van der Waals surface area contributed by atoms with Gasteiger partial charge in [0.1, 0.15) is 35.3 Å². The number of aryl methyl sites for hydroxylation is 1. The lowest BCUT2D eigenvalue weighted by molar-refractivity contribution is -0.125. The summed E-state index contributed by atoms with van der Waals surface area (Å²) in [4.78, 5) is 55.6. The third-order valence-corrected chi connectivity index (χ3v) is 5.03. The Bertz CT molecular complexity index is 1290. The minimum absolute atomic E-state index is 0.0216. The number of furan rings is 1. The Hall–Kier alpha value is -4.15. The van der Waals surface area contributed by atoms with Crippen LogP contribution in [0.5, 0.6) is 5.75 Å². The third-order valence-electron chi connectivity index (χ3n) is 5.03. The summed E-state index contributed by atoms with van der Waals surface area (Å²) in [6, 6.07) is 6.69. The van der Waals surface area contributed by atoms with E-state index >= 15 is 0 Å². The first-order valence-electron chi connectivity index (χ1n) is 9.82. The van der Waals surface area contributed by atoms with Crippen molar-refractivity contribution in [2.45, 2.75) is 26.5 Å². The van der Waals surface area contributed by atoms with Crippen LogP contribution in [0.25, 0.3) is 11.1 Å². The van der Waals surface area contributed by atoms with Gasteiger partial charge in [-0.05, 0) is 26.0 Å². The van der Waals surface area contributed by atoms with Gasteiger partial charge in [0.2, 0.25) is 11.6 Å². The number of rotatable bonds is 5. The van der Waals surface area contributed by atoms with E-state index in [9.17, 15) is 19.2 Å². The molecule has 0 saturated carbocycles. The average Bonchev–Trinajstić information content (AvgIpc) is 3.11. The number of primary amides is 1. The number of anilines is 1. The van der Waals surface area contributed by atoms with E-state index in [2.05, 4.69) is 4.98 Å². The molecule has 1 atom stereocenters. The predicted molar refractivity (Wildman–Crippen MR) is 111 cm³/mol. The number of benzene rings is 1. The molecule has 2 amide bonds. The van der Waals surface area contributed by atoms with Crippen LogP contribution in [0.3, 0.4) is 0 Å². The Labute approximate surface area is 181 Å². The first kappa shape index (κ1) is 21.1. The number of hydrogen-bond acceptors (Lipinski definition) is 8. The van der Waals surface area contributed by atoms with Crippen LogP contribution in [-0.2, 0) is 20.9 Å². The number of esters is 1.